The summed E-state index contributed by atoms with van der Waals surface area (Å²) in [4.78, 5) is 11.4. The van der Waals surface area contributed by atoms with Gasteiger partial charge in [-0.25, -0.2) is 9.18 Å². The van der Waals surface area contributed by atoms with Crippen molar-refractivity contribution < 1.29 is 19.0 Å². The lowest BCUT2D eigenvalue weighted by atomic mass is 10.1. The largest absolute Gasteiger partial charge is 0.493 e. The zero-order valence-corrected chi connectivity index (χ0v) is 13.0. The van der Waals surface area contributed by atoms with Crippen LogP contribution in [0.3, 0.4) is 0 Å². The summed E-state index contributed by atoms with van der Waals surface area (Å²) in [6.45, 7) is 0.537. The van der Waals surface area contributed by atoms with Gasteiger partial charge in [0.25, 0.3) is 0 Å². The molecular weight excluding hydrogens is 388 g/mol. The topological polar surface area (TPSA) is 58.6 Å². The van der Waals surface area contributed by atoms with Crippen molar-refractivity contribution in [3.05, 3.63) is 50.8 Å². The molecule has 21 heavy (non-hydrogen) atoms. The molecule has 108 valence electrons. The Hall–Kier alpha value is -1.83. The number of benzene rings is 2. The van der Waals surface area contributed by atoms with Crippen molar-refractivity contribution in [2.24, 2.45) is 0 Å². The van der Waals surface area contributed by atoms with Crippen LogP contribution >= 0.6 is 22.6 Å². The second-order valence-corrected chi connectivity index (χ2v) is 5.90. The van der Waals surface area contributed by atoms with Gasteiger partial charge in [0.2, 0.25) is 0 Å². The summed E-state index contributed by atoms with van der Waals surface area (Å²) in [5, 5.41) is 12.2. The number of aromatic carboxylic acids is 1. The van der Waals surface area contributed by atoms with Crippen molar-refractivity contribution in [1.82, 2.24) is 0 Å². The quantitative estimate of drug-likeness (QED) is 0.771. The van der Waals surface area contributed by atoms with E-state index in [-0.39, 0.29) is 11.3 Å². The third kappa shape index (κ3) is 2.80. The molecule has 0 aliphatic carbocycles. The molecule has 1 heterocycles. The molecular formula is C15H11FINO3. The summed E-state index contributed by atoms with van der Waals surface area (Å²) in [6.07, 6.45) is 0.688. The number of anilines is 2. The van der Waals surface area contributed by atoms with Crippen LogP contribution in [0.1, 0.15) is 15.9 Å². The summed E-state index contributed by atoms with van der Waals surface area (Å²) in [6, 6.07) is 7.90. The number of nitrogens with one attached hydrogen (secondary N) is 1. The molecule has 4 nitrogen and oxygen atoms in total. The molecule has 1 aliphatic rings. The summed E-state index contributed by atoms with van der Waals surface area (Å²) in [5.74, 6) is -0.841. The maximum Gasteiger partial charge on any atom is 0.337 e. The smallest absolute Gasteiger partial charge is 0.337 e. The molecule has 0 radical (unpaired) electrons. The van der Waals surface area contributed by atoms with Crippen molar-refractivity contribution in [2.75, 3.05) is 11.9 Å². The van der Waals surface area contributed by atoms with Gasteiger partial charge in [-0.1, -0.05) is 0 Å². The molecule has 2 N–H and O–H groups in total. The maximum absolute atomic E-state index is 13.9. The standard InChI is InChI=1S/C15H11FINO3/c16-11-6-9(17)1-2-12(11)18-13-7-14-8(3-4-21-14)5-10(13)15(19)20/h1-2,5-7,18H,3-4H2,(H,19,20). The molecule has 0 aromatic heterocycles. The second kappa shape index (κ2) is 5.51. The minimum Gasteiger partial charge on any atom is -0.493 e. The monoisotopic (exact) mass is 399 g/mol. The molecule has 0 bridgehead atoms. The molecule has 0 atom stereocenters. The van der Waals surface area contributed by atoms with Crippen molar-refractivity contribution in [1.29, 1.82) is 0 Å². The molecule has 0 saturated heterocycles. The summed E-state index contributed by atoms with van der Waals surface area (Å²) in [7, 11) is 0. The van der Waals surface area contributed by atoms with Crippen LogP contribution in [0.15, 0.2) is 30.3 Å². The zero-order chi connectivity index (χ0) is 15.0. The fraction of sp³-hybridized carbons (Fsp3) is 0.133. The number of ether oxygens (including phenoxy) is 1. The van der Waals surface area contributed by atoms with Gasteiger partial charge >= 0.3 is 5.97 Å². The molecule has 6 heteroatoms. The van der Waals surface area contributed by atoms with Gasteiger partial charge in [0.05, 0.1) is 23.5 Å². The summed E-state index contributed by atoms with van der Waals surface area (Å²) < 4.78 is 20.1. The number of carbonyl (C=O) groups is 1. The third-order valence-corrected chi connectivity index (χ3v) is 3.93. The van der Waals surface area contributed by atoms with E-state index in [1.807, 2.05) is 22.6 Å². The van der Waals surface area contributed by atoms with Crippen LogP contribution < -0.4 is 10.1 Å². The fourth-order valence-corrected chi connectivity index (χ4v) is 2.69. The van der Waals surface area contributed by atoms with Crippen LogP contribution in [0.5, 0.6) is 5.75 Å². The fourth-order valence-electron chi connectivity index (χ4n) is 2.24. The van der Waals surface area contributed by atoms with Crippen LogP contribution in [0, 0.1) is 9.39 Å². The van der Waals surface area contributed by atoms with E-state index in [1.165, 1.54) is 6.07 Å². The van der Waals surface area contributed by atoms with E-state index >= 15 is 0 Å². The minimum absolute atomic E-state index is 0.109. The Morgan fingerprint density at radius 1 is 1.29 bits per heavy atom. The first kappa shape index (κ1) is 14.1. The van der Waals surface area contributed by atoms with Crippen molar-refractivity contribution >= 4 is 39.9 Å². The Kier molecular flexibility index (Phi) is 3.71. The van der Waals surface area contributed by atoms with Gasteiger partial charge in [0.15, 0.2) is 0 Å². The molecule has 2 aromatic rings. The van der Waals surface area contributed by atoms with Gasteiger partial charge in [-0.05, 0) is 52.4 Å². The number of fused-ring (bicyclic) bond motifs is 1. The Balaban J connectivity index is 2.03. The first-order valence-electron chi connectivity index (χ1n) is 6.29. The van der Waals surface area contributed by atoms with Gasteiger partial charge in [0, 0.05) is 16.1 Å². The number of hydrogen-bond donors (Lipinski definition) is 2. The molecule has 1 aliphatic heterocycles. The number of rotatable bonds is 3. The summed E-state index contributed by atoms with van der Waals surface area (Å²) >= 11 is 2.01. The van der Waals surface area contributed by atoms with Gasteiger partial charge < -0.3 is 15.2 Å². The lowest BCUT2D eigenvalue weighted by molar-refractivity contribution is 0.0698. The molecule has 0 saturated carbocycles. The number of halogens is 2. The molecule has 2 aromatic carbocycles. The van der Waals surface area contributed by atoms with Crippen molar-refractivity contribution in [3.8, 4) is 5.75 Å². The maximum atomic E-state index is 13.9. The van der Waals surface area contributed by atoms with E-state index in [0.717, 1.165) is 9.13 Å². The third-order valence-electron chi connectivity index (χ3n) is 3.26. The van der Waals surface area contributed by atoms with Gasteiger partial charge in [0.1, 0.15) is 11.6 Å². The van der Waals surface area contributed by atoms with Gasteiger partial charge in [-0.2, -0.15) is 0 Å². The van der Waals surface area contributed by atoms with Crippen LogP contribution in [0.25, 0.3) is 0 Å². The lowest BCUT2D eigenvalue weighted by Crippen LogP contribution is -2.04. The first-order valence-corrected chi connectivity index (χ1v) is 7.37. The lowest BCUT2D eigenvalue weighted by Gasteiger charge is -2.12. The Bertz CT molecular complexity index is 733. The predicted octanol–water partition coefficient (Wildman–Crippen LogP) is 3.81. The SMILES string of the molecule is O=C(O)c1cc2c(cc1Nc1ccc(I)cc1F)OCC2. The second-order valence-electron chi connectivity index (χ2n) is 4.66. The average molecular weight is 399 g/mol. The van der Waals surface area contributed by atoms with E-state index in [1.54, 1.807) is 24.3 Å². The Morgan fingerprint density at radius 3 is 2.81 bits per heavy atom. The number of carboxylic acids is 1. The van der Waals surface area contributed by atoms with E-state index < -0.39 is 11.8 Å². The average Bonchev–Trinajstić information content (AvgIpc) is 2.88. The molecule has 0 fully saturated rings. The minimum atomic E-state index is -1.06. The Labute approximate surface area is 134 Å². The molecule has 0 unspecified atom stereocenters. The number of hydrogen-bond acceptors (Lipinski definition) is 3. The van der Waals surface area contributed by atoms with Crippen LogP contribution in [0.2, 0.25) is 0 Å². The highest BCUT2D eigenvalue weighted by Gasteiger charge is 2.20. The van der Waals surface area contributed by atoms with E-state index in [4.69, 9.17) is 4.74 Å². The molecule has 0 amide bonds. The van der Waals surface area contributed by atoms with Gasteiger partial charge in [-0.3, -0.25) is 0 Å². The van der Waals surface area contributed by atoms with Crippen LogP contribution in [-0.2, 0) is 6.42 Å². The zero-order valence-electron chi connectivity index (χ0n) is 10.8. The van der Waals surface area contributed by atoms with E-state index in [9.17, 15) is 14.3 Å². The number of carboxylic acid groups (broad SMARTS) is 1. The first-order chi connectivity index (χ1) is 10.0. The van der Waals surface area contributed by atoms with E-state index in [2.05, 4.69) is 5.32 Å². The highest BCUT2D eigenvalue weighted by molar-refractivity contribution is 14.1. The molecule has 3 rings (SSSR count). The normalized spacial score (nSPS) is 12.7. The summed E-state index contributed by atoms with van der Waals surface area (Å²) in [5.41, 5.74) is 1.53. The van der Waals surface area contributed by atoms with Crippen molar-refractivity contribution in [2.45, 2.75) is 6.42 Å². The Morgan fingerprint density at radius 2 is 2.10 bits per heavy atom. The van der Waals surface area contributed by atoms with Crippen LogP contribution in [0.4, 0.5) is 15.8 Å². The van der Waals surface area contributed by atoms with E-state index in [0.29, 0.717) is 24.5 Å². The highest BCUT2D eigenvalue weighted by atomic mass is 127. The highest BCUT2D eigenvalue weighted by Crippen LogP contribution is 2.33. The van der Waals surface area contributed by atoms with Gasteiger partial charge in [-0.15, -0.1) is 0 Å². The van der Waals surface area contributed by atoms with Crippen molar-refractivity contribution in [3.63, 3.8) is 0 Å². The predicted molar refractivity (Wildman–Crippen MR) is 85.0 cm³/mol. The van der Waals surface area contributed by atoms with Crippen LogP contribution in [-0.4, -0.2) is 17.7 Å². The molecule has 0 spiro atoms.